The highest BCUT2D eigenvalue weighted by Gasteiger charge is 2.64. The Morgan fingerprint density at radius 3 is 2.33 bits per heavy atom. The largest absolute Gasteiger partial charge is 0.447 e. The van der Waals surface area contributed by atoms with Gasteiger partial charge in [0.25, 0.3) is 5.91 Å². The number of rotatable bonds is 10. The van der Waals surface area contributed by atoms with Crippen LogP contribution in [0.15, 0.2) is 72.2 Å². The van der Waals surface area contributed by atoms with Crippen LogP contribution < -0.4 is 11.1 Å². The summed E-state index contributed by atoms with van der Waals surface area (Å²) >= 11 is 6.43. The molecule has 1 aliphatic carbocycles. The fourth-order valence-electron chi connectivity index (χ4n) is 6.24. The monoisotopic (exact) mass is 745 g/mol. The smallest absolute Gasteiger partial charge is 0.411 e. The second-order valence-electron chi connectivity index (χ2n) is 13.8. The molecular weight excluding hydrogens is 713 g/mol. The Hall–Kier alpha value is -5.19. The minimum absolute atomic E-state index is 0.00383. The van der Waals surface area contributed by atoms with Crippen LogP contribution in [0.4, 0.5) is 26.7 Å². The third-order valence-electron chi connectivity index (χ3n) is 8.79. The van der Waals surface area contributed by atoms with Crippen LogP contribution in [0.2, 0.25) is 5.02 Å². The average Bonchev–Trinajstić information content (AvgIpc) is 3.63. The molecular formula is C34H33ClF5N9O3. The van der Waals surface area contributed by atoms with Gasteiger partial charge < -0.3 is 15.8 Å². The highest BCUT2D eigenvalue weighted by atomic mass is 35.5. The van der Waals surface area contributed by atoms with Crippen molar-refractivity contribution in [3.63, 3.8) is 0 Å². The molecule has 12 nitrogen and oxygen atoms in total. The number of alkyl carbamates (subject to hydrolysis) is 1. The molecule has 0 spiro atoms. The number of hydrogen-bond acceptors (Lipinski definition) is 9. The van der Waals surface area contributed by atoms with Crippen LogP contribution in [-0.4, -0.2) is 65.9 Å². The van der Waals surface area contributed by atoms with Gasteiger partial charge in [0.1, 0.15) is 18.5 Å². The standard InChI is InChI=1S/C34H33ClF5N9O3/c1-31(2,3)17-33(21-8-5-19(6-9-21)25-42-13-4-14-43-25)27(50)48(29(41)46-33)24(16-52-30(51)47-32(11-12-32)34(38,39)40)20-7-10-23(35)22(15-20)26-44-18-45-49(26)28(36)37/h4-10,13-15,18,24,28H,11-12,16-17H2,1-3H3,(H2,41,46)(H,47,51)/t24-,33-/m1/s1. The normalized spacial score (nSPS) is 19.1. The minimum atomic E-state index is -4.71. The molecule has 2 aromatic carbocycles. The molecule has 1 aliphatic heterocycles. The highest BCUT2D eigenvalue weighted by molar-refractivity contribution is 6.33. The van der Waals surface area contributed by atoms with Gasteiger partial charge in [0, 0.05) is 23.5 Å². The topological polar surface area (TPSA) is 154 Å². The van der Waals surface area contributed by atoms with Gasteiger partial charge in [-0.1, -0.05) is 62.7 Å². The van der Waals surface area contributed by atoms with E-state index in [2.05, 4.69) is 20.1 Å². The summed E-state index contributed by atoms with van der Waals surface area (Å²) in [6, 6.07) is 11.4. The highest BCUT2D eigenvalue weighted by Crippen LogP contribution is 2.49. The number of alkyl halides is 5. The van der Waals surface area contributed by atoms with Crippen molar-refractivity contribution >= 4 is 29.6 Å². The number of ether oxygens (including phenoxy) is 1. The second-order valence-corrected chi connectivity index (χ2v) is 14.2. The lowest BCUT2D eigenvalue weighted by Crippen LogP contribution is -2.50. The number of nitrogens with two attached hydrogens (primary N) is 1. The molecule has 0 unspecified atom stereocenters. The molecule has 0 saturated heterocycles. The maximum atomic E-state index is 14.9. The molecule has 18 heteroatoms. The molecule has 2 amide bonds. The molecule has 1 saturated carbocycles. The fraction of sp³-hybridized carbons (Fsp3) is 0.382. The first-order chi connectivity index (χ1) is 24.4. The Kier molecular flexibility index (Phi) is 9.44. The van der Waals surface area contributed by atoms with Gasteiger partial charge in [-0.05, 0) is 54.0 Å². The maximum Gasteiger partial charge on any atom is 0.411 e. The molecule has 3 heterocycles. The first-order valence-electron chi connectivity index (χ1n) is 16.0. The van der Waals surface area contributed by atoms with Crippen LogP contribution in [0.5, 0.6) is 0 Å². The Bertz CT molecular complexity index is 2000. The van der Waals surface area contributed by atoms with Crippen molar-refractivity contribution in [2.24, 2.45) is 16.1 Å². The predicted molar refractivity (Wildman–Crippen MR) is 179 cm³/mol. The van der Waals surface area contributed by atoms with Gasteiger partial charge in [0.15, 0.2) is 23.1 Å². The number of aromatic nitrogens is 5. The zero-order valence-electron chi connectivity index (χ0n) is 28.0. The van der Waals surface area contributed by atoms with Crippen molar-refractivity contribution < 1.29 is 36.3 Å². The number of halogens is 6. The Balaban J connectivity index is 1.41. The summed E-state index contributed by atoms with van der Waals surface area (Å²) in [5.74, 6) is -0.755. The number of carbonyl (C=O) groups is 2. The lowest BCUT2D eigenvalue weighted by atomic mass is 9.75. The van der Waals surface area contributed by atoms with Crippen molar-refractivity contribution in [2.45, 2.75) is 69.9 Å². The number of amides is 2. The number of nitrogens with zero attached hydrogens (tertiary/aromatic N) is 7. The van der Waals surface area contributed by atoms with E-state index in [9.17, 15) is 31.5 Å². The summed E-state index contributed by atoms with van der Waals surface area (Å²) < 4.78 is 74.2. The summed E-state index contributed by atoms with van der Waals surface area (Å²) in [6.07, 6.45) is -2.49. The van der Waals surface area contributed by atoms with Crippen molar-refractivity contribution in [3.8, 4) is 22.8 Å². The molecule has 3 N–H and O–H groups in total. The van der Waals surface area contributed by atoms with Crippen LogP contribution in [0.1, 0.15) is 63.8 Å². The molecule has 2 aromatic heterocycles. The van der Waals surface area contributed by atoms with Gasteiger partial charge in [-0.25, -0.2) is 24.7 Å². The van der Waals surface area contributed by atoms with Crippen molar-refractivity contribution in [1.82, 2.24) is 34.9 Å². The Labute approximate surface area is 299 Å². The average molecular weight is 746 g/mol. The fourth-order valence-corrected chi connectivity index (χ4v) is 6.44. The lowest BCUT2D eigenvalue weighted by molar-refractivity contribution is -0.164. The van der Waals surface area contributed by atoms with E-state index in [1.807, 2.05) is 26.1 Å². The van der Waals surface area contributed by atoms with E-state index in [1.54, 1.807) is 42.7 Å². The number of hydrogen-bond donors (Lipinski definition) is 2. The van der Waals surface area contributed by atoms with Crippen LogP contribution in [0.25, 0.3) is 22.8 Å². The molecule has 0 radical (unpaired) electrons. The van der Waals surface area contributed by atoms with Gasteiger partial charge in [-0.2, -0.15) is 31.7 Å². The molecule has 52 heavy (non-hydrogen) atoms. The van der Waals surface area contributed by atoms with Gasteiger partial charge in [0.05, 0.1) is 11.1 Å². The number of aliphatic imine (C=N–C) groups is 1. The van der Waals surface area contributed by atoms with Crippen LogP contribution in [-0.2, 0) is 15.1 Å². The minimum Gasteiger partial charge on any atom is -0.447 e. The molecule has 2 aliphatic rings. The second kappa shape index (κ2) is 13.4. The van der Waals surface area contributed by atoms with Gasteiger partial charge in [0.2, 0.25) is 0 Å². The quantitative estimate of drug-likeness (QED) is 0.168. The Morgan fingerprint density at radius 2 is 1.73 bits per heavy atom. The van der Waals surface area contributed by atoms with E-state index in [1.165, 1.54) is 18.2 Å². The zero-order chi connectivity index (χ0) is 37.6. The van der Waals surface area contributed by atoms with Gasteiger partial charge >= 0.3 is 18.8 Å². The van der Waals surface area contributed by atoms with Crippen molar-refractivity contribution in [2.75, 3.05) is 6.61 Å². The first kappa shape index (κ1) is 36.6. The maximum absolute atomic E-state index is 14.9. The van der Waals surface area contributed by atoms with E-state index in [0.717, 1.165) is 11.2 Å². The SMILES string of the molecule is CC(C)(C)C[C@]1(c2ccc(-c3ncccn3)cc2)N=C(N)N([C@H](COC(=O)NC2(C(F)(F)F)CC2)c2ccc(Cl)c(-c3ncnn3C(F)F)c2)C1=O. The molecule has 0 bridgehead atoms. The summed E-state index contributed by atoms with van der Waals surface area (Å²) in [6.45, 7) is 1.94. The summed E-state index contributed by atoms with van der Waals surface area (Å²) in [4.78, 5) is 46.0. The van der Waals surface area contributed by atoms with Crippen molar-refractivity contribution in [3.05, 3.63) is 83.4 Å². The summed E-state index contributed by atoms with van der Waals surface area (Å²) in [5, 5.41) is 5.45. The van der Waals surface area contributed by atoms with Crippen LogP contribution >= 0.6 is 11.6 Å². The molecule has 2 atom stereocenters. The van der Waals surface area contributed by atoms with Crippen LogP contribution in [0.3, 0.4) is 0 Å². The molecule has 1 fully saturated rings. The molecule has 6 rings (SSSR count). The molecule has 274 valence electrons. The van der Waals surface area contributed by atoms with E-state index < -0.39 is 53.9 Å². The van der Waals surface area contributed by atoms with E-state index >= 15 is 0 Å². The number of nitrogens with one attached hydrogen (secondary N) is 1. The number of guanidine groups is 1. The van der Waals surface area contributed by atoms with Crippen LogP contribution in [0, 0.1) is 5.41 Å². The zero-order valence-corrected chi connectivity index (χ0v) is 28.8. The predicted octanol–water partition coefficient (Wildman–Crippen LogP) is 6.80. The summed E-state index contributed by atoms with van der Waals surface area (Å²) in [7, 11) is 0. The third kappa shape index (κ3) is 7.00. The number of benzene rings is 2. The van der Waals surface area contributed by atoms with Crippen molar-refractivity contribution in [1.29, 1.82) is 0 Å². The van der Waals surface area contributed by atoms with Gasteiger partial charge in [-0.3, -0.25) is 9.69 Å². The van der Waals surface area contributed by atoms with Gasteiger partial charge in [-0.15, -0.1) is 0 Å². The summed E-state index contributed by atoms with van der Waals surface area (Å²) in [5.41, 5.74) is 3.31. The first-order valence-corrected chi connectivity index (χ1v) is 16.4. The van der Waals surface area contributed by atoms with E-state index in [4.69, 9.17) is 27.1 Å². The number of carbonyl (C=O) groups excluding carboxylic acids is 2. The third-order valence-corrected chi connectivity index (χ3v) is 9.12. The molecule has 4 aromatic rings. The van der Waals surface area contributed by atoms with E-state index in [-0.39, 0.29) is 47.2 Å². The Morgan fingerprint density at radius 1 is 1.06 bits per heavy atom. The lowest BCUT2D eigenvalue weighted by Gasteiger charge is -2.35. The van der Waals surface area contributed by atoms with E-state index in [0.29, 0.717) is 21.6 Å².